The molecule has 1 aliphatic carbocycles. The Hall–Kier alpha value is -1.04. The number of allylic oxidation sites excluding steroid dienone is 2. The number of rotatable bonds is 7. The van der Waals surface area contributed by atoms with E-state index >= 15 is 0 Å². The fourth-order valence-corrected chi connectivity index (χ4v) is 3.42. The fourth-order valence-electron chi connectivity index (χ4n) is 3.42. The largest absolute Gasteiger partial charge is 0.0848 e. The van der Waals surface area contributed by atoms with E-state index in [4.69, 9.17) is 0 Å². The van der Waals surface area contributed by atoms with Crippen LogP contribution in [-0.2, 0) is 6.42 Å². The van der Waals surface area contributed by atoms with Crippen molar-refractivity contribution >= 4 is 0 Å². The molecular weight excluding hydrogens is 240 g/mol. The summed E-state index contributed by atoms with van der Waals surface area (Å²) in [4.78, 5) is 0. The average Bonchev–Trinajstić information content (AvgIpc) is 2.48. The molecule has 0 nitrogen and oxygen atoms in total. The standard InChI is InChI=1S/C20H30/c1-3-8-19(20-15-13-17(2)14-16-20)12-7-11-18-9-5-4-6-10-18/h4-6,9-10,15,17,19H,3,7-8,11-14,16H2,1-2H3. The summed E-state index contributed by atoms with van der Waals surface area (Å²) in [6.07, 6.45) is 13.3. The van der Waals surface area contributed by atoms with E-state index in [1.54, 1.807) is 5.57 Å². The van der Waals surface area contributed by atoms with Gasteiger partial charge in [-0.3, -0.25) is 0 Å². The van der Waals surface area contributed by atoms with Gasteiger partial charge in [0.25, 0.3) is 0 Å². The molecule has 0 heteroatoms. The van der Waals surface area contributed by atoms with Gasteiger partial charge in [-0.1, -0.05) is 62.2 Å². The van der Waals surface area contributed by atoms with Crippen LogP contribution < -0.4 is 0 Å². The minimum atomic E-state index is 0.858. The van der Waals surface area contributed by atoms with Crippen LogP contribution in [0.5, 0.6) is 0 Å². The molecule has 0 N–H and O–H groups in total. The molecule has 0 heterocycles. The van der Waals surface area contributed by atoms with E-state index in [0.29, 0.717) is 0 Å². The Kier molecular flexibility index (Phi) is 6.36. The molecule has 1 aromatic rings. The molecule has 2 rings (SSSR count). The predicted molar refractivity (Wildman–Crippen MR) is 88.9 cm³/mol. The van der Waals surface area contributed by atoms with Gasteiger partial charge in [0.15, 0.2) is 0 Å². The van der Waals surface area contributed by atoms with Crippen LogP contribution in [0.25, 0.3) is 0 Å². The highest BCUT2D eigenvalue weighted by molar-refractivity contribution is 5.15. The maximum atomic E-state index is 2.57. The molecule has 1 aliphatic rings. The molecule has 0 fully saturated rings. The zero-order chi connectivity index (χ0) is 14.2. The first-order chi connectivity index (χ1) is 9.79. The second kappa shape index (κ2) is 8.29. The summed E-state index contributed by atoms with van der Waals surface area (Å²) in [6.45, 7) is 4.72. The molecule has 0 amide bonds. The van der Waals surface area contributed by atoms with Crippen LogP contribution in [-0.4, -0.2) is 0 Å². The zero-order valence-electron chi connectivity index (χ0n) is 13.3. The highest BCUT2D eigenvalue weighted by Gasteiger charge is 2.17. The Balaban J connectivity index is 1.83. The van der Waals surface area contributed by atoms with Crippen LogP contribution in [0, 0.1) is 11.8 Å². The maximum absolute atomic E-state index is 2.57. The average molecular weight is 270 g/mol. The summed E-state index contributed by atoms with van der Waals surface area (Å²) in [5.41, 5.74) is 3.27. The lowest BCUT2D eigenvalue weighted by Gasteiger charge is -2.25. The van der Waals surface area contributed by atoms with E-state index in [2.05, 4.69) is 50.3 Å². The second-order valence-corrected chi connectivity index (χ2v) is 6.52. The van der Waals surface area contributed by atoms with E-state index in [-0.39, 0.29) is 0 Å². The first-order valence-corrected chi connectivity index (χ1v) is 8.52. The lowest BCUT2D eigenvalue weighted by molar-refractivity contribution is 0.430. The van der Waals surface area contributed by atoms with Crippen LogP contribution in [0.15, 0.2) is 42.0 Å². The molecule has 0 radical (unpaired) electrons. The van der Waals surface area contributed by atoms with Gasteiger partial charge in [-0.05, 0) is 62.3 Å². The number of aryl methyl sites for hydroxylation is 1. The Labute approximate surface area is 125 Å². The molecule has 20 heavy (non-hydrogen) atoms. The third kappa shape index (κ3) is 4.81. The summed E-state index contributed by atoms with van der Waals surface area (Å²) in [7, 11) is 0. The second-order valence-electron chi connectivity index (χ2n) is 6.52. The highest BCUT2D eigenvalue weighted by atomic mass is 14.2. The third-order valence-electron chi connectivity index (χ3n) is 4.73. The minimum absolute atomic E-state index is 0.858. The van der Waals surface area contributed by atoms with Crippen molar-refractivity contribution in [2.24, 2.45) is 11.8 Å². The summed E-state index contributed by atoms with van der Waals surface area (Å²) in [5.74, 6) is 1.77. The molecule has 0 spiro atoms. The van der Waals surface area contributed by atoms with Gasteiger partial charge < -0.3 is 0 Å². The van der Waals surface area contributed by atoms with Crippen LogP contribution >= 0.6 is 0 Å². The van der Waals surface area contributed by atoms with Crippen molar-refractivity contribution in [3.05, 3.63) is 47.5 Å². The van der Waals surface area contributed by atoms with Gasteiger partial charge in [-0.25, -0.2) is 0 Å². The van der Waals surface area contributed by atoms with E-state index < -0.39 is 0 Å². The van der Waals surface area contributed by atoms with Crippen molar-refractivity contribution in [1.29, 1.82) is 0 Å². The number of hydrogen-bond acceptors (Lipinski definition) is 0. The summed E-state index contributed by atoms with van der Waals surface area (Å²) in [6, 6.07) is 10.9. The maximum Gasteiger partial charge on any atom is -0.0203 e. The molecule has 2 atom stereocenters. The summed E-state index contributed by atoms with van der Waals surface area (Å²) >= 11 is 0. The van der Waals surface area contributed by atoms with Gasteiger partial charge in [0, 0.05) is 0 Å². The molecule has 1 aromatic carbocycles. The normalized spacial score (nSPS) is 20.5. The molecule has 0 bridgehead atoms. The SMILES string of the molecule is CCCC(CCCc1ccccc1)C1=CCC(C)CC1. The van der Waals surface area contributed by atoms with Gasteiger partial charge in [0.05, 0.1) is 0 Å². The lowest BCUT2D eigenvalue weighted by atomic mass is 9.80. The van der Waals surface area contributed by atoms with Crippen molar-refractivity contribution in [1.82, 2.24) is 0 Å². The fraction of sp³-hybridized carbons (Fsp3) is 0.600. The van der Waals surface area contributed by atoms with Gasteiger partial charge in [-0.2, -0.15) is 0 Å². The van der Waals surface area contributed by atoms with Gasteiger partial charge in [0.1, 0.15) is 0 Å². The Bertz CT molecular complexity index is 401. The van der Waals surface area contributed by atoms with Gasteiger partial charge in [-0.15, -0.1) is 0 Å². The molecule has 0 saturated carbocycles. The quantitative estimate of drug-likeness (QED) is 0.519. The van der Waals surface area contributed by atoms with Crippen molar-refractivity contribution < 1.29 is 0 Å². The van der Waals surface area contributed by atoms with Gasteiger partial charge >= 0.3 is 0 Å². The van der Waals surface area contributed by atoms with Crippen LogP contribution in [0.3, 0.4) is 0 Å². The summed E-state index contributed by atoms with van der Waals surface area (Å²) in [5, 5.41) is 0. The molecule has 0 aromatic heterocycles. The van der Waals surface area contributed by atoms with Crippen LogP contribution in [0.2, 0.25) is 0 Å². The number of hydrogen-bond donors (Lipinski definition) is 0. The van der Waals surface area contributed by atoms with Crippen molar-refractivity contribution in [2.75, 3.05) is 0 Å². The first-order valence-electron chi connectivity index (χ1n) is 8.52. The summed E-state index contributed by atoms with van der Waals surface area (Å²) < 4.78 is 0. The first kappa shape index (κ1) is 15.4. The van der Waals surface area contributed by atoms with Gasteiger partial charge in [0.2, 0.25) is 0 Å². The molecule has 0 saturated heterocycles. The van der Waals surface area contributed by atoms with Crippen molar-refractivity contribution in [3.63, 3.8) is 0 Å². The molecule has 2 unspecified atom stereocenters. The minimum Gasteiger partial charge on any atom is -0.0848 e. The van der Waals surface area contributed by atoms with E-state index in [1.165, 1.54) is 56.9 Å². The van der Waals surface area contributed by atoms with Crippen molar-refractivity contribution in [2.45, 2.75) is 65.2 Å². The Morgan fingerprint density at radius 1 is 1.15 bits per heavy atom. The Morgan fingerprint density at radius 3 is 2.60 bits per heavy atom. The predicted octanol–water partition coefficient (Wildman–Crippen LogP) is 6.17. The van der Waals surface area contributed by atoms with E-state index in [1.807, 2.05) is 0 Å². The van der Waals surface area contributed by atoms with E-state index in [0.717, 1.165) is 11.8 Å². The molecule has 110 valence electrons. The number of benzene rings is 1. The monoisotopic (exact) mass is 270 g/mol. The lowest BCUT2D eigenvalue weighted by Crippen LogP contribution is -2.11. The Morgan fingerprint density at radius 2 is 1.95 bits per heavy atom. The van der Waals surface area contributed by atoms with E-state index in [9.17, 15) is 0 Å². The zero-order valence-corrected chi connectivity index (χ0v) is 13.3. The molecule has 0 aliphatic heterocycles. The topological polar surface area (TPSA) is 0 Å². The highest BCUT2D eigenvalue weighted by Crippen LogP contribution is 2.32. The van der Waals surface area contributed by atoms with Crippen molar-refractivity contribution in [3.8, 4) is 0 Å². The van der Waals surface area contributed by atoms with Crippen LogP contribution in [0.4, 0.5) is 0 Å². The van der Waals surface area contributed by atoms with Crippen LogP contribution in [0.1, 0.15) is 64.4 Å². The smallest absolute Gasteiger partial charge is 0.0203 e. The third-order valence-corrected chi connectivity index (χ3v) is 4.73. The molecular formula is C20H30.